The van der Waals surface area contributed by atoms with Crippen molar-refractivity contribution in [2.24, 2.45) is 0 Å². The third-order valence-corrected chi connectivity index (χ3v) is 5.80. The standard InChI is InChI=1S/C21H15ClN2O6/c1-2-21(28)13-7-15-16-11(8-24(15)18(25)12(13)9-29-19(21)26)17(30-20(22)27)10-5-3-4-6-14(10)23-16/h3-7,28H,2,8-9H2,1H3/t21-/m0/s1. The molecule has 0 fully saturated rings. The van der Waals surface area contributed by atoms with Crippen molar-refractivity contribution in [3.05, 3.63) is 57.4 Å². The highest BCUT2D eigenvalue weighted by Crippen LogP contribution is 2.42. The number of esters is 1. The van der Waals surface area contributed by atoms with Gasteiger partial charge in [0, 0.05) is 28.1 Å². The molecular formula is C21H15ClN2O6. The number of cyclic esters (lactones) is 1. The lowest BCUT2D eigenvalue weighted by atomic mass is 9.86. The van der Waals surface area contributed by atoms with Gasteiger partial charge in [0.2, 0.25) is 0 Å². The summed E-state index contributed by atoms with van der Waals surface area (Å²) < 4.78 is 11.8. The minimum absolute atomic E-state index is 0.0504. The van der Waals surface area contributed by atoms with Crippen LogP contribution in [0.3, 0.4) is 0 Å². The van der Waals surface area contributed by atoms with Gasteiger partial charge < -0.3 is 19.1 Å². The molecule has 9 heteroatoms. The molecule has 0 aliphatic carbocycles. The van der Waals surface area contributed by atoms with Crippen molar-refractivity contribution >= 4 is 33.9 Å². The van der Waals surface area contributed by atoms with Gasteiger partial charge in [-0.2, -0.15) is 0 Å². The fourth-order valence-corrected chi connectivity index (χ4v) is 4.26. The van der Waals surface area contributed by atoms with Gasteiger partial charge in [0.05, 0.1) is 29.0 Å². The Morgan fingerprint density at radius 3 is 2.83 bits per heavy atom. The van der Waals surface area contributed by atoms with E-state index in [0.29, 0.717) is 27.9 Å². The average molecular weight is 427 g/mol. The van der Waals surface area contributed by atoms with Crippen LogP contribution in [-0.2, 0) is 28.3 Å². The molecular weight excluding hydrogens is 412 g/mol. The van der Waals surface area contributed by atoms with Crippen molar-refractivity contribution in [2.45, 2.75) is 32.1 Å². The number of hydrogen-bond acceptors (Lipinski definition) is 7. The quantitative estimate of drug-likeness (QED) is 0.388. The van der Waals surface area contributed by atoms with Crippen LogP contribution in [-0.4, -0.2) is 26.1 Å². The Hall–Kier alpha value is -3.23. The fourth-order valence-electron chi connectivity index (χ4n) is 4.19. The predicted molar refractivity (Wildman–Crippen MR) is 106 cm³/mol. The largest absolute Gasteiger partial charge is 0.458 e. The van der Waals surface area contributed by atoms with E-state index < -0.39 is 22.6 Å². The van der Waals surface area contributed by atoms with Gasteiger partial charge in [0.25, 0.3) is 5.56 Å². The van der Waals surface area contributed by atoms with Crippen molar-refractivity contribution < 1.29 is 24.2 Å². The molecule has 0 spiro atoms. The molecule has 0 saturated heterocycles. The van der Waals surface area contributed by atoms with E-state index in [1.807, 2.05) is 0 Å². The maximum absolute atomic E-state index is 13.2. The molecule has 0 unspecified atom stereocenters. The van der Waals surface area contributed by atoms with Gasteiger partial charge in [-0.25, -0.2) is 14.6 Å². The molecule has 1 N–H and O–H groups in total. The number of para-hydroxylation sites is 1. The number of carbonyl (C=O) groups excluding carboxylic acids is 2. The van der Waals surface area contributed by atoms with E-state index in [4.69, 9.17) is 21.1 Å². The number of pyridine rings is 2. The molecule has 3 aromatic rings. The maximum Gasteiger partial charge on any atom is 0.409 e. The van der Waals surface area contributed by atoms with Crippen LogP contribution in [0.5, 0.6) is 5.75 Å². The van der Waals surface area contributed by atoms with Gasteiger partial charge >= 0.3 is 11.4 Å². The van der Waals surface area contributed by atoms with Crippen LogP contribution in [0.15, 0.2) is 35.1 Å². The number of benzene rings is 1. The molecule has 152 valence electrons. The highest BCUT2D eigenvalue weighted by Gasteiger charge is 2.45. The smallest absolute Gasteiger partial charge is 0.409 e. The van der Waals surface area contributed by atoms with Crippen molar-refractivity contribution in [3.63, 3.8) is 0 Å². The molecule has 8 nitrogen and oxygen atoms in total. The van der Waals surface area contributed by atoms with E-state index >= 15 is 0 Å². The first-order valence-electron chi connectivity index (χ1n) is 9.31. The molecule has 0 bridgehead atoms. The van der Waals surface area contributed by atoms with E-state index in [1.54, 1.807) is 37.3 Å². The van der Waals surface area contributed by atoms with Crippen LogP contribution in [0.2, 0.25) is 0 Å². The second kappa shape index (κ2) is 6.38. The number of fused-ring (bicyclic) bond motifs is 5. The molecule has 5 rings (SSSR count). The van der Waals surface area contributed by atoms with Crippen LogP contribution >= 0.6 is 11.6 Å². The molecule has 2 aliphatic rings. The van der Waals surface area contributed by atoms with Gasteiger partial charge in [0.15, 0.2) is 5.60 Å². The number of carbonyl (C=O) groups is 2. The van der Waals surface area contributed by atoms with E-state index in [1.165, 1.54) is 4.57 Å². The zero-order valence-electron chi connectivity index (χ0n) is 15.8. The third-order valence-electron chi connectivity index (χ3n) is 5.72. The number of hydrogen-bond donors (Lipinski definition) is 1. The van der Waals surface area contributed by atoms with Gasteiger partial charge in [-0.15, -0.1) is 0 Å². The number of halogens is 1. The van der Waals surface area contributed by atoms with Crippen LogP contribution in [0.25, 0.3) is 22.3 Å². The van der Waals surface area contributed by atoms with Crippen LogP contribution in [0.1, 0.15) is 30.0 Å². The lowest BCUT2D eigenvalue weighted by Crippen LogP contribution is -2.44. The first kappa shape index (κ1) is 18.8. The van der Waals surface area contributed by atoms with Gasteiger partial charge in [-0.1, -0.05) is 19.1 Å². The molecule has 1 atom stereocenters. The minimum atomic E-state index is -1.91. The van der Waals surface area contributed by atoms with Crippen LogP contribution < -0.4 is 10.3 Å². The SMILES string of the molecule is CC[C@@]1(O)C(=O)OCc2c1cc1n(c2=O)Cc2c-1nc1ccccc1c2OC(=O)Cl. The Bertz CT molecular complexity index is 1330. The first-order valence-corrected chi connectivity index (χ1v) is 9.69. The molecule has 4 heterocycles. The number of nitrogens with zero attached hydrogens (tertiary/aromatic N) is 2. The summed E-state index contributed by atoms with van der Waals surface area (Å²) in [5.41, 5.74) is -0.947. The second-order valence-corrected chi connectivity index (χ2v) is 7.54. The van der Waals surface area contributed by atoms with Crippen molar-refractivity contribution in [2.75, 3.05) is 0 Å². The Balaban J connectivity index is 1.83. The summed E-state index contributed by atoms with van der Waals surface area (Å²) in [6.45, 7) is 1.52. The summed E-state index contributed by atoms with van der Waals surface area (Å²) >= 11 is 5.50. The van der Waals surface area contributed by atoms with E-state index in [2.05, 4.69) is 4.98 Å². The van der Waals surface area contributed by atoms with Crippen molar-refractivity contribution in [3.8, 4) is 17.1 Å². The number of aromatic nitrogens is 2. The summed E-state index contributed by atoms with van der Waals surface area (Å²) in [5, 5.41) is 11.5. The highest BCUT2D eigenvalue weighted by molar-refractivity contribution is 6.61. The Kier molecular flexibility index (Phi) is 4.00. The maximum atomic E-state index is 13.2. The Morgan fingerprint density at radius 2 is 2.10 bits per heavy atom. The van der Waals surface area contributed by atoms with Crippen molar-refractivity contribution in [1.82, 2.24) is 9.55 Å². The third kappa shape index (κ3) is 2.44. The second-order valence-electron chi connectivity index (χ2n) is 7.23. The average Bonchev–Trinajstić information content (AvgIpc) is 3.10. The molecule has 30 heavy (non-hydrogen) atoms. The van der Waals surface area contributed by atoms with Crippen molar-refractivity contribution in [1.29, 1.82) is 0 Å². The first-order chi connectivity index (χ1) is 14.3. The predicted octanol–water partition coefficient (Wildman–Crippen LogP) is 2.82. The zero-order valence-corrected chi connectivity index (χ0v) is 16.5. The van der Waals surface area contributed by atoms with E-state index in [-0.39, 0.29) is 36.4 Å². The number of rotatable bonds is 2. The van der Waals surface area contributed by atoms with Crippen LogP contribution in [0.4, 0.5) is 4.79 Å². The van der Waals surface area contributed by atoms with Crippen LogP contribution in [0, 0.1) is 0 Å². The summed E-state index contributed by atoms with van der Waals surface area (Å²) in [7, 11) is 0. The molecule has 2 aromatic heterocycles. The fraction of sp³-hybridized carbons (Fsp3) is 0.238. The molecule has 2 aliphatic heterocycles. The molecule has 1 aromatic carbocycles. The number of ether oxygens (including phenoxy) is 2. The summed E-state index contributed by atoms with van der Waals surface area (Å²) in [5.74, 6) is -0.557. The lowest BCUT2D eigenvalue weighted by molar-refractivity contribution is -0.172. The molecule has 0 saturated carbocycles. The lowest BCUT2D eigenvalue weighted by Gasteiger charge is -2.31. The van der Waals surface area contributed by atoms with Gasteiger partial charge in [-0.05, 0) is 24.6 Å². The number of aliphatic hydroxyl groups is 1. The topological polar surface area (TPSA) is 108 Å². The zero-order chi connectivity index (χ0) is 21.2. The Labute approximate surface area is 174 Å². The molecule has 0 radical (unpaired) electrons. The summed E-state index contributed by atoms with van der Waals surface area (Å²) in [6.07, 6.45) is 0.0504. The summed E-state index contributed by atoms with van der Waals surface area (Å²) in [4.78, 5) is 41.6. The highest BCUT2D eigenvalue weighted by atomic mass is 35.5. The Morgan fingerprint density at radius 1 is 1.33 bits per heavy atom. The normalized spacial score (nSPS) is 19.1. The van der Waals surface area contributed by atoms with E-state index in [9.17, 15) is 19.5 Å². The monoisotopic (exact) mass is 426 g/mol. The summed E-state index contributed by atoms with van der Waals surface area (Å²) in [6, 6.07) is 8.66. The van der Waals surface area contributed by atoms with Gasteiger partial charge in [-0.3, -0.25) is 4.79 Å². The minimum Gasteiger partial charge on any atom is -0.458 e. The van der Waals surface area contributed by atoms with Gasteiger partial charge in [0.1, 0.15) is 12.4 Å². The van der Waals surface area contributed by atoms with E-state index in [0.717, 1.165) is 0 Å². The molecule has 0 amide bonds.